The molecule has 0 saturated carbocycles. The Bertz CT molecular complexity index is 1160. The molecule has 3 N–H and O–H groups in total. The number of halogens is 4. The fourth-order valence-electron chi connectivity index (χ4n) is 4.18. The summed E-state index contributed by atoms with van der Waals surface area (Å²) >= 11 is 3.46. The van der Waals surface area contributed by atoms with E-state index in [9.17, 15) is 22.5 Å². The van der Waals surface area contributed by atoms with Gasteiger partial charge in [-0.1, -0.05) is 104 Å². The van der Waals surface area contributed by atoms with Crippen molar-refractivity contribution in [1.82, 2.24) is 14.5 Å². The molecule has 2 aliphatic carbocycles. The average molecular weight is 737 g/mol. The number of aliphatic hydroxyl groups is 1. The lowest BCUT2D eigenvalue weighted by atomic mass is 9.90. The minimum absolute atomic E-state index is 0.275. The summed E-state index contributed by atoms with van der Waals surface area (Å²) in [6.45, 7) is 15.1. The van der Waals surface area contributed by atoms with Crippen molar-refractivity contribution in [2.24, 2.45) is 5.92 Å². The van der Waals surface area contributed by atoms with Crippen LogP contribution in [0.1, 0.15) is 67.2 Å². The highest BCUT2D eigenvalue weighted by Gasteiger charge is 2.32. The van der Waals surface area contributed by atoms with Crippen LogP contribution < -0.4 is 5.32 Å². The molecule has 1 heterocycles. The predicted octanol–water partition coefficient (Wildman–Crippen LogP) is 7.79. The van der Waals surface area contributed by atoms with Crippen molar-refractivity contribution in [2.75, 3.05) is 39.0 Å². The number of allylic oxidation sites excluding steroid dienone is 10. The van der Waals surface area contributed by atoms with Crippen molar-refractivity contribution in [2.45, 2.75) is 79.6 Å². The summed E-state index contributed by atoms with van der Waals surface area (Å²) in [5, 5.41) is 20.6. The number of aliphatic hydroxyl groups excluding tert-OH is 1. The van der Waals surface area contributed by atoms with Gasteiger partial charge in [0.05, 0.1) is 16.6 Å². The molecule has 262 valence electrons. The van der Waals surface area contributed by atoms with Crippen LogP contribution in [0, 0.1) is 5.92 Å². The normalized spacial score (nSPS) is 20.2. The zero-order valence-corrected chi connectivity index (χ0v) is 30.6. The molecule has 0 radical (unpaired) electrons. The van der Waals surface area contributed by atoms with Crippen molar-refractivity contribution >= 4 is 32.9 Å². The molecule has 3 atom stereocenters. The van der Waals surface area contributed by atoms with E-state index in [1.807, 2.05) is 16.5 Å². The molecular weight excluding hydrogens is 683 g/mol. The molecule has 12 heteroatoms. The van der Waals surface area contributed by atoms with E-state index in [4.69, 9.17) is 9.90 Å². The summed E-state index contributed by atoms with van der Waals surface area (Å²) < 4.78 is 52.2. The van der Waals surface area contributed by atoms with E-state index in [0.29, 0.717) is 38.6 Å². The van der Waals surface area contributed by atoms with E-state index in [2.05, 4.69) is 79.0 Å². The smallest absolute Gasteiger partial charge is 0.416 e. The maximum absolute atomic E-state index is 12.6. The van der Waals surface area contributed by atoms with Gasteiger partial charge in [0.1, 0.15) is 6.23 Å². The standard InChI is InChI=1S/C16H24BrNO.C13H17F3N2OS.C3H8.C2H4O2/c1-4-6-15(17)7-5-10-18-16(19)14-9-8-12(2)13(3)11-14;1-20(19)18-9-7-17(8-10-18)12-4-2-3-11(5-6-12)13(14,15)16;1-3-2;1-2(3)4/h5-7,9,11-12,16,18-19H,4,8,10H2,1-3H3;2-5H,6-10H2,1H3;3H2,1-2H3;1H3,(H,3,4)/b7-5-,15-6+;;;. The first-order valence-electron chi connectivity index (χ1n) is 15.6. The first-order valence-corrected chi connectivity index (χ1v) is 17.9. The topological polar surface area (TPSA) is 93.1 Å². The fraction of sp³-hybridized carbons (Fsp3) is 0.559. The Morgan fingerprint density at radius 2 is 1.78 bits per heavy atom. The first-order chi connectivity index (χ1) is 21.6. The molecule has 1 aliphatic heterocycles. The largest absolute Gasteiger partial charge is 0.481 e. The van der Waals surface area contributed by atoms with Crippen LogP contribution >= 0.6 is 15.9 Å². The van der Waals surface area contributed by atoms with Gasteiger partial charge in [0.15, 0.2) is 0 Å². The van der Waals surface area contributed by atoms with Gasteiger partial charge >= 0.3 is 6.18 Å². The number of alkyl halides is 3. The number of rotatable bonds is 8. The third-order valence-electron chi connectivity index (χ3n) is 6.73. The quantitative estimate of drug-likeness (QED) is 0.174. The van der Waals surface area contributed by atoms with E-state index in [0.717, 1.165) is 41.6 Å². The maximum Gasteiger partial charge on any atom is 0.416 e. The Kier molecular flexibility index (Phi) is 22.8. The van der Waals surface area contributed by atoms with Crippen LogP contribution in [-0.2, 0) is 15.8 Å². The lowest BCUT2D eigenvalue weighted by Crippen LogP contribution is -2.46. The van der Waals surface area contributed by atoms with Crippen molar-refractivity contribution in [3.63, 3.8) is 0 Å². The van der Waals surface area contributed by atoms with E-state index >= 15 is 0 Å². The molecule has 3 rings (SSSR count). The van der Waals surface area contributed by atoms with E-state index in [-0.39, 0.29) is 6.42 Å². The van der Waals surface area contributed by atoms with Gasteiger partial charge in [0.2, 0.25) is 0 Å². The lowest BCUT2D eigenvalue weighted by molar-refractivity contribution is -0.134. The second kappa shape index (κ2) is 24.0. The van der Waals surface area contributed by atoms with Gasteiger partial charge in [-0.25, -0.2) is 8.51 Å². The summed E-state index contributed by atoms with van der Waals surface area (Å²) in [7, 11) is -0.980. The molecule has 3 unspecified atom stereocenters. The van der Waals surface area contributed by atoms with Crippen LogP contribution in [0.25, 0.3) is 0 Å². The molecule has 7 nitrogen and oxygen atoms in total. The van der Waals surface area contributed by atoms with Gasteiger partial charge < -0.3 is 15.1 Å². The second-order valence-electron chi connectivity index (χ2n) is 10.9. The van der Waals surface area contributed by atoms with E-state index in [1.165, 1.54) is 24.1 Å². The highest BCUT2D eigenvalue weighted by molar-refractivity contribution is 9.11. The van der Waals surface area contributed by atoms with Crippen molar-refractivity contribution < 1.29 is 32.4 Å². The molecule has 0 aromatic rings. The number of nitrogens with zero attached hydrogens (tertiary/aromatic N) is 2. The SMILES string of the molecule is CC(=O)O.CC/C=C(Br)\C=C/CNC(O)C1=CCC(C)C(C)=C1.CCC.CS(=O)N1CCN(C2=CC=CC(C(F)(F)F)=CC2)CC1. The number of carbonyl (C=O) groups is 1. The molecule has 0 aromatic carbocycles. The Morgan fingerprint density at radius 3 is 2.28 bits per heavy atom. The number of nitrogens with one attached hydrogen (secondary N) is 1. The minimum atomic E-state index is -4.29. The van der Waals surface area contributed by atoms with Gasteiger partial charge in [-0.3, -0.25) is 10.1 Å². The molecule has 1 fully saturated rings. The van der Waals surface area contributed by atoms with Crippen LogP contribution in [0.5, 0.6) is 0 Å². The maximum atomic E-state index is 12.6. The van der Waals surface area contributed by atoms with Crippen LogP contribution in [-0.4, -0.2) is 81.0 Å². The van der Waals surface area contributed by atoms with Gasteiger partial charge in [0.25, 0.3) is 5.97 Å². The highest BCUT2D eigenvalue weighted by atomic mass is 79.9. The number of piperazine rings is 1. The minimum Gasteiger partial charge on any atom is -0.481 e. The Hall–Kier alpha value is -2.25. The van der Waals surface area contributed by atoms with Gasteiger partial charge in [-0.05, 0) is 37.3 Å². The Morgan fingerprint density at radius 1 is 1.20 bits per heavy atom. The zero-order valence-electron chi connectivity index (χ0n) is 28.2. The van der Waals surface area contributed by atoms with E-state index < -0.39 is 34.9 Å². The fourth-order valence-corrected chi connectivity index (χ4v) is 5.36. The third kappa shape index (κ3) is 19.4. The molecule has 3 aliphatic rings. The number of carboxylic acid groups (broad SMARTS) is 1. The second-order valence-corrected chi connectivity index (χ2v) is 13.2. The average Bonchev–Trinajstić information content (AvgIpc) is 3.24. The predicted molar refractivity (Wildman–Crippen MR) is 189 cm³/mol. The molecular formula is C34H53BrF3N3O4S. The first kappa shape index (κ1) is 43.8. The Labute approximate surface area is 285 Å². The van der Waals surface area contributed by atoms with Crippen LogP contribution in [0.2, 0.25) is 0 Å². The third-order valence-corrected chi connectivity index (χ3v) is 8.41. The van der Waals surface area contributed by atoms with Gasteiger partial charge in [0, 0.05) is 62.5 Å². The summed E-state index contributed by atoms with van der Waals surface area (Å²) in [6, 6.07) is 0. The van der Waals surface area contributed by atoms with Crippen LogP contribution in [0.4, 0.5) is 13.2 Å². The lowest BCUT2D eigenvalue weighted by Gasteiger charge is -2.35. The van der Waals surface area contributed by atoms with Crippen LogP contribution in [0.15, 0.2) is 81.6 Å². The zero-order chi connectivity index (χ0) is 35.3. The van der Waals surface area contributed by atoms with Crippen molar-refractivity contribution in [3.05, 3.63) is 81.6 Å². The molecule has 46 heavy (non-hydrogen) atoms. The molecule has 0 amide bonds. The highest BCUT2D eigenvalue weighted by Crippen LogP contribution is 2.30. The summed E-state index contributed by atoms with van der Waals surface area (Å²) in [5.74, 6) is -0.244. The number of aliphatic carboxylic acids is 1. The summed E-state index contributed by atoms with van der Waals surface area (Å²) in [6.07, 6.45) is 16.1. The molecule has 1 saturated heterocycles. The number of carboxylic acids is 1. The summed E-state index contributed by atoms with van der Waals surface area (Å²) in [4.78, 5) is 11.1. The summed E-state index contributed by atoms with van der Waals surface area (Å²) in [5.41, 5.74) is 2.59. The molecule has 0 bridgehead atoms. The van der Waals surface area contributed by atoms with Gasteiger partial charge in [-0.15, -0.1) is 0 Å². The number of hydrogen-bond acceptors (Lipinski definition) is 5. The Balaban J connectivity index is 0.000000733. The van der Waals surface area contributed by atoms with Crippen molar-refractivity contribution in [1.29, 1.82) is 0 Å². The van der Waals surface area contributed by atoms with Crippen molar-refractivity contribution in [3.8, 4) is 0 Å². The van der Waals surface area contributed by atoms with Gasteiger partial charge in [-0.2, -0.15) is 13.2 Å². The van der Waals surface area contributed by atoms with Crippen LogP contribution in [0.3, 0.4) is 0 Å². The molecule has 0 spiro atoms. The molecule has 0 aromatic heterocycles. The number of hydrogen-bond donors (Lipinski definition) is 3. The monoisotopic (exact) mass is 735 g/mol. The van der Waals surface area contributed by atoms with E-state index in [1.54, 1.807) is 12.3 Å².